The number of hydrogen-bond acceptors (Lipinski definition) is 1. The summed E-state index contributed by atoms with van der Waals surface area (Å²) in [5.74, 6) is 0. The van der Waals surface area contributed by atoms with Gasteiger partial charge in [-0.25, -0.2) is 0 Å². The lowest BCUT2D eigenvalue weighted by atomic mass is 10.1. The van der Waals surface area contributed by atoms with Gasteiger partial charge >= 0.3 is 0 Å². The van der Waals surface area contributed by atoms with Crippen LogP contribution in [0.2, 0.25) is 0 Å². The molecule has 0 unspecified atom stereocenters. The average molecular weight is 151 g/mol. The van der Waals surface area contributed by atoms with Crippen LogP contribution in [0.5, 0.6) is 0 Å². The first-order valence-corrected chi connectivity index (χ1v) is 3.94. The van der Waals surface area contributed by atoms with E-state index in [1.807, 2.05) is 19.2 Å². The van der Waals surface area contributed by atoms with E-state index in [2.05, 4.69) is 25.4 Å². The molecule has 0 aliphatic heterocycles. The van der Waals surface area contributed by atoms with Gasteiger partial charge in [0.15, 0.2) is 0 Å². The summed E-state index contributed by atoms with van der Waals surface area (Å²) in [7, 11) is 1.87. The molecular formula is C10H17N. The lowest BCUT2D eigenvalue weighted by Crippen LogP contribution is -2.01. The standard InChI is InChI=1S/C10H17N/c1-5-7-10(6-2)8-9(3)11-4/h6,8,11H,2-3,5,7H2,1,4H3/b10-8+. The molecule has 0 radical (unpaired) electrons. The van der Waals surface area contributed by atoms with Gasteiger partial charge in [-0.15, -0.1) is 0 Å². The maximum atomic E-state index is 3.81. The average Bonchev–Trinajstić information content (AvgIpc) is 2.03. The van der Waals surface area contributed by atoms with Crippen LogP contribution >= 0.6 is 0 Å². The number of hydrogen-bond donors (Lipinski definition) is 1. The van der Waals surface area contributed by atoms with Crippen molar-refractivity contribution >= 4 is 0 Å². The normalized spacial score (nSPS) is 10.9. The molecule has 0 spiro atoms. The molecule has 1 N–H and O–H groups in total. The molecule has 0 aromatic rings. The van der Waals surface area contributed by atoms with E-state index in [1.165, 1.54) is 5.57 Å². The first-order valence-electron chi connectivity index (χ1n) is 3.94. The zero-order valence-electron chi connectivity index (χ0n) is 7.48. The minimum atomic E-state index is 0.938. The van der Waals surface area contributed by atoms with Crippen LogP contribution in [-0.4, -0.2) is 7.05 Å². The van der Waals surface area contributed by atoms with Crippen LogP contribution in [0.15, 0.2) is 36.6 Å². The fourth-order valence-electron chi connectivity index (χ4n) is 0.818. The number of allylic oxidation sites excluding steroid dienone is 3. The second kappa shape index (κ2) is 5.78. The molecule has 0 saturated carbocycles. The largest absolute Gasteiger partial charge is 0.389 e. The van der Waals surface area contributed by atoms with Crippen molar-refractivity contribution in [2.75, 3.05) is 7.05 Å². The van der Waals surface area contributed by atoms with Gasteiger partial charge in [-0.1, -0.05) is 32.6 Å². The van der Waals surface area contributed by atoms with Crippen molar-refractivity contribution < 1.29 is 0 Å². The molecule has 0 aromatic heterocycles. The van der Waals surface area contributed by atoms with E-state index >= 15 is 0 Å². The Kier molecular flexibility index (Phi) is 5.26. The van der Waals surface area contributed by atoms with Crippen molar-refractivity contribution in [3.63, 3.8) is 0 Å². The molecule has 62 valence electrons. The van der Waals surface area contributed by atoms with Gasteiger partial charge in [0.1, 0.15) is 0 Å². The molecule has 1 heteroatoms. The van der Waals surface area contributed by atoms with Crippen LogP contribution in [0.25, 0.3) is 0 Å². The van der Waals surface area contributed by atoms with E-state index in [0.29, 0.717) is 0 Å². The smallest absolute Gasteiger partial charge is 0.0267 e. The fourth-order valence-corrected chi connectivity index (χ4v) is 0.818. The SMILES string of the molecule is C=C/C(=C\C(=C)NC)CCC. The van der Waals surface area contributed by atoms with Crippen molar-refractivity contribution in [2.45, 2.75) is 19.8 Å². The van der Waals surface area contributed by atoms with Crippen molar-refractivity contribution in [1.29, 1.82) is 0 Å². The maximum absolute atomic E-state index is 3.81. The fraction of sp³-hybridized carbons (Fsp3) is 0.400. The van der Waals surface area contributed by atoms with E-state index in [9.17, 15) is 0 Å². The Morgan fingerprint density at radius 3 is 2.55 bits per heavy atom. The highest BCUT2D eigenvalue weighted by atomic mass is 14.8. The molecule has 0 heterocycles. The molecule has 11 heavy (non-hydrogen) atoms. The van der Waals surface area contributed by atoms with Gasteiger partial charge in [-0.2, -0.15) is 0 Å². The second-order valence-electron chi connectivity index (χ2n) is 2.45. The van der Waals surface area contributed by atoms with Gasteiger partial charge in [0, 0.05) is 12.7 Å². The summed E-state index contributed by atoms with van der Waals surface area (Å²) in [5, 5.41) is 2.97. The first-order chi connectivity index (χ1) is 5.24. The third kappa shape index (κ3) is 4.43. The molecule has 0 aromatic carbocycles. The van der Waals surface area contributed by atoms with E-state index in [-0.39, 0.29) is 0 Å². The molecule has 0 rings (SSSR count). The van der Waals surface area contributed by atoms with Crippen LogP contribution in [0, 0.1) is 0 Å². The molecule has 0 amide bonds. The molecule has 0 bridgehead atoms. The van der Waals surface area contributed by atoms with Gasteiger partial charge in [0.05, 0.1) is 0 Å². The van der Waals surface area contributed by atoms with E-state index < -0.39 is 0 Å². The maximum Gasteiger partial charge on any atom is 0.0267 e. The second-order valence-corrected chi connectivity index (χ2v) is 2.45. The predicted octanol–water partition coefficient (Wildman–Crippen LogP) is 2.63. The summed E-state index contributed by atoms with van der Waals surface area (Å²) in [4.78, 5) is 0. The van der Waals surface area contributed by atoms with Crippen LogP contribution in [-0.2, 0) is 0 Å². The molecule has 0 fully saturated rings. The van der Waals surface area contributed by atoms with Crippen molar-refractivity contribution in [3.8, 4) is 0 Å². The Morgan fingerprint density at radius 2 is 2.18 bits per heavy atom. The molecule has 0 aliphatic rings. The van der Waals surface area contributed by atoms with Crippen LogP contribution in [0.1, 0.15) is 19.8 Å². The Balaban J connectivity index is 4.10. The van der Waals surface area contributed by atoms with E-state index in [1.54, 1.807) is 0 Å². The summed E-state index contributed by atoms with van der Waals surface area (Å²) in [5.41, 5.74) is 2.18. The van der Waals surface area contributed by atoms with Gasteiger partial charge < -0.3 is 5.32 Å². The highest BCUT2D eigenvalue weighted by molar-refractivity contribution is 5.26. The number of rotatable bonds is 5. The van der Waals surface area contributed by atoms with Gasteiger partial charge in [-0.05, 0) is 18.1 Å². The van der Waals surface area contributed by atoms with Crippen molar-refractivity contribution in [1.82, 2.24) is 5.32 Å². The highest BCUT2D eigenvalue weighted by Crippen LogP contribution is 2.07. The van der Waals surface area contributed by atoms with E-state index in [4.69, 9.17) is 0 Å². The number of nitrogens with one attached hydrogen (secondary N) is 1. The van der Waals surface area contributed by atoms with Gasteiger partial charge in [-0.3, -0.25) is 0 Å². The number of likely N-dealkylation sites (N-methyl/N-ethyl adjacent to an activating group) is 1. The topological polar surface area (TPSA) is 12.0 Å². The van der Waals surface area contributed by atoms with Crippen LogP contribution in [0.4, 0.5) is 0 Å². The van der Waals surface area contributed by atoms with Crippen LogP contribution < -0.4 is 5.32 Å². The van der Waals surface area contributed by atoms with Gasteiger partial charge in [0.25, 0.3) is 0 Å². The zero-order chi connectivity index (χ0) is 8.69. The minimum Gasteiger partial charge on any atom is -0.389 e. The zero-order valence-corrected chi connectivity index (χ0v) is 7.48. The Hall–Kier alpha value is -0.980. The highest BCUT2D eigenvalue weighted by Gasteiger charge is 1.89. The summed E-state index contributed by atoms with van der Waals surface area (Å²) in [6.07, 6.45) is 6.13. The quantitative estimate of drug-likeness (QED) is 0.596. The summed E-state index contributed by atoms with van der Waals surface area (Å²) < 4.78 is 0. The predicted molar refractivity (Wildman–Crippen MR) is 51.4 cm³/mol. The molecular weight excluding hydrogens is 134 g/mol. The Morgan fingerprint density at radius 1 is 1.55 bits per heavy atom. The summed E-state index contributed by atoms with van der Waals surface area (Å²) in [6.45, 7) is 9.69. The van der Waals surface area contributed by atoms with E-state index in [0.717, 1.165) is 18.5 Å². The third-order valence-corrected chi connectivity index (χ3v) is 1.48. The minimum absolute atomic E-state index is 0.938. The van der Waals surface area contributed by atoms with Crippen molar-refractivity contribution in [2.24, 2.45) is 0 Å². The van der Waals surface area contributed by atoms with Crippen LogP contribution in [0.3, 0.4) is 0 Å². The molecule has 0 atom stereocenters. The van der Waals surface area contributed by atoms with Crippen molar-refractivity contribution in [3.05, 3.63) is 36.6 Å². The third-order valence-electron chi connectivity index (χ3n) is 1.48. The lowest BCUT2D eigenvalue weighted by molar-refractivity contribution is 0.919. The summed E-state index contributed by atoms with van der Waals surface area (Å²) >= 11 is 0. The monoisotopic (exact) mass is 151 g/mol. The Bertz CT molecular complexity index is 166. The molecule has 0 saturated heterocycles. The Labute approximate surface area is 69.5 Å². The lowest BCUT2D eigenvalue weighted by Gasteiger charge is -2.01. The first kappa shape index (κ1) is 10.0. The molecule has 0 aliphatic carbocycles. The molecule has 1 nitrogen and oxygen atoms in total. The van der Waals surface area contributed by atoms with Gasteiger partial charge in [0.2, 0.25) is 0 Å². The summed E-state index contributed by atoms with van der Waals surface area (Å²) in [6, 6.07) is 0.